The van der Waals surface area contributed by atoms with Crippen molar-refractivity contribution in [1.29, 1.82) is 0 Å². The van der Waals surface area contributed by atoms with E-state index < -0.39 is 10.0 Å². The summed E-state index contributed by atoms with van der Waals surface area (Å²) in [6.07, 6.45) is 1.09. The van der Waals surface area contributed by atoms with Gasteiger partial charge in [0, 0.05) is 11.6 Å². The molecule has 7 heteroatoms. The van der Waals surface area contributed by atoms with Gasteiger partial charge in [-0.3, -0.25) is 4.79 Å². The molecular formula is C18H21ClN2O3S. The molecule has 0 aliphatic heterocycles. The van der Waals surface area contributed by atoms with Gasteiger partial charge in [0.25, 0.3) is 0 Å². The lowest BCUT2D eigenvalue weighted by Gasteiger charge is -2.21. The number of nitrogens with zero attached hydrogens (tertiary/aromatic N) is 1. The van der Waals surface area contributed by atoms with Crippen LogP contribution < -0.4 is 5.32 Å². The molecule has 0 radical (unpaired) electrons. The summed E-state index contributed by atoms with van der Waals surface area (Å²) in [5.74, 6) is -0.351. The zero-order valence-corrected chi connectivity index (χ0v) is 15.7. The normalized spacial score (nSPS) is 12.8. The highest BCUT2D eigenvalue weighted by Gasteiger charge is 2.21. The van der Waals surface area contributed by atoms with E-state index >= 15 is 0 Å². The SMILES string of the molecule is C[C@@H](NC(=O)CN(Cc1ccc(Cl)cc1)S(C)(=O)=O)c1ccccc1. The van der Waals surface area contributed by atoms with Gasteiger partial charge in [-0.1, -0.05) is 54.1 Å². The van der Waals surface area contributed by atoms with Crippen LogP contribution in [0.25, 0.3) is 0 Å². The molecule has 1 amide bonds. The number of amides is 1. The zero-order chi connectivity index (χ0) is 18.4. The van der Waals surface area contributed by atoms with Gasteiger partial charge in [-0.25, -0.2) is 8.42 Å². The fourth-order valence-electron chi connectivity index (χ4n) is 2.36. The van der Waals surface area contributed by atoms with Gasteiger partial charge in [0.2, 0.25) is 15.9 Å². The molecule has 0 saturated heterocycles. The van der Waals surface area contributed by atoms with Crippen molar-refractivity contribution in [1.82, 2.24) is 9.62 Å². The summed E-state index contributed by atoms with van der Waals surface area (Å²) in [4.78, 5) is 12.3. The second-order valence-corrected chi connectivity index (χ2v) is 8.28. The Balaban J connectivity index is 2.04. The lowest BCUT2D eigenvalue weighted by atomic mass is 10.1. The molecule has 0 saturated carbocycles. The Labute approximate surface area is 153 Å². The van der Waals surface area contributed by atoms with E-state index in [0.717, 1.165) is 21.7 Å². The topological polar surface area (TPSA) is 66.5 Å². The van der Waals surface area contributed by atoms with Gasteiger partial charge < -0.3 is 5.32 Å². The van der Waals surface area contributed by atoms with Gasteiger partial charge in [0.05, 0.1) is 18.8 Å². The molecular weight excluding hydrogens is 360 g/mol. The average molecular weight is 381 g/mol. The number of sulfonamides is 1. The predicted octanol–water partition coefficient (Wildman–Crippen LogP) is 2.98. The average Bonchev–Trinajstić information content (AvgIpc) is 2.56. The van der Waals surface area contributed by atoms with Gasteiger partial charge >= 0.3 is 0 Å². The Hall–Kier alpha value is -1.89. The Bertz CT molecular complexity index is 808. The van der Waals surface area contributed by atoms with Crippen molar-refractivity contribution in [3.8, 4) is 0 Å². The quantitative estimate of drug-likeness (QED) is 0.803. The monoisotopic (exact) mass is 380 g/mol. The fraction of sp³-hybridized carbons (Fsp3) is 0.278. The van der Waals surface area contributed by atoms with E-state index in [1.807, 2.05) is 37.3 Å². The van der Waals surface area contributed by atoms with Crippen LogP contribution in [0.3, 0.4) is 0 Å². The van der Waals surface area contributed by atoms with E-state index in [2.05, 4.69) is 5.32 Å². The van der Waals surface area contributed by atoms with Crippen LogP contribution in [-0.4, -0.2) is 31.4 Å². The van der Waals surface area contributed by atoms with Crippen molar-refractivity contribution in [3.63, 3.8) is 0 Å². The first kappa shape index (κ1) is 19.4. The lowest BCUT2D eigenvalue weighted by Crippen LogP contribution is -2.40. The van der Waals surface area contributed by atoms with Crippen LogP contribution in [0.1, 0.15) is 24.1 Å². The molecule has 0 aliphatic rings. The smallest absolute Gasteiger partial charge is 0.235 e. The number of hydrogen-bond acceptors (Lipinski definition) is 3. The molecule has 1 atom stereocenters. The molecule has 0 aliphatic carbocycles. The summed E-state index contributed by atoms with van der Waals surface area (Å²) in [6, 6.07) is 16.2. The summed E-state index contributed by atoms with van der Waals surface area (Å²) in [6.45, 7) is 1.74. The minimum Gasteiger partial charge on any atom is -0.348 e. The second-order valence-electron chi connectivity index (χ2n) is 5.86. The Kier molecular flexibility index (Phi) is 6.58. The van der Waals surface area contributed by atoms with Crippen molar-refractivity contribution in [2.24, 2.45) is 0 Å². The Morgan fingerprint density at radius 2 is 1.72 bits per heavy atom. The molecule has 2 aromatic carbocycles. The third kappa shape index (κ3) is 6.16. The van der Waals surface area contributed by atoms with Crippen LogP contribution >= 0.6 is 11.6 Å². The highest BCUT2D eigenvalue weighted by molar-refractivity contribution is 7.88. The number of hydrogen-bond donors (Lipinski definition) is 1. The van der Waals surface area contributed by atoms with Crippen molar-refractivity contribution in [2.75, 3.05) is 12.8 Å². The summed E-state index contributed by atoms with van der Waals surface area (Å²) in [7, 11) is -3.53. The van der Waals surface area contributed by atoms with Crippen LogP contribution in [0.5, 0.6) is 0 Å². The van der Waals surface area contributed by atoms with Gasteiger partial charge in [-0.15, -0.1) is 0 Å². The third-order valence-corrected chi connectivity index (χ3v) is 5.19. The minimum absolute atomic E-state index is 0.114. The van der Waals surface area contributed by atoms with E-state index in [1.165, 1.54) is 0 Å². The summed E-state index contributed by atoms with van der Waals surface area (Å²) < 4.78 is 25.2. The first-order valence-electron chi connectivity index (χ1n) is 7.79. The first-order chi connectivity index (χ1) is 11.8. The van der Waals surface area contributed by atoms with Crippen LogP contribution in [0.2, 0.25) is 5.02 Å². The van der Waals surface area contributed by atoms with E-state index in [1.54, 1.807) is 24.3 Å². The van der Waals surface area contributed by atoms with Gasteiger partial charge in [-0.2, -0.15) is 4.31 Å². The molecule has 0 aromatic heterocycles. The van der Waals surface area contributed by atoms with Crippen molar-refractivity contribution in [3.05, 3.63) is 70.7 Å². The molecule has 134 valence electrons. The Morgan fingerprint density at radius 1 is 1.12 bits per heavy atom. The van der Waals surface area contributed by atoms with Crippen LogP contribution in [-0.2, 0) is 21.4 Å². The molecule has 2 rings (SSSR count). The van der Waals surface area contributed by atoms with Gasteiger partial charge in [0.1, 0.15) is 0 Å². The van der Waals surface area contributed by atoms with Crippen LogP contribution in [0.15, 0.2) is 54.6 Å². The second kappa shape index (κ2) is 8.47. The maximum absolute atomic E-state index is 12.3. The molecule has 25 heavy (non-hydrogen) atoms. The minimum atomic E-state index is -3.53. The highest BCUT2D eigenvalue weighted by atomic mass is 35.5. The fourth-order valence-corrected chi connectivity index (χ4v) is 3.22. The summed E-state index contributed by atoms with van der Waals surface area (Å²) in [5.41, 5.74) is 1.72. The zero-order valence-electron chi connectivity index (χ0n) is 14.1. The number of rotatable bonds is 7. The summed E-state index contributed by atoms with van der Waals surface area (Å²) >= 11 is 5.84. The molecule has 1 N–H and O–H groups in total. The van der Waals surface area contributed by atoms with E-state index in [4.69, 9.17) is 11.6 Å². The molecule has 2 aromatic rings. The molecule has 0 heterocycles. The van der Waals surface area contributed by atoms with Crippen LogP contribution in [0, 0.1) is 0 Å². The first-order valence-corrected chi connectivity index (χ1v) is 10.0. The molecule has 0 fully saturated rings. The maximum Gasteiger partial charge on any atom is 0.235 e. The standard InChI is InChI=1S/C18H21ClN2O3S/c1-14(16-6-4-3-5-7-16)20-18(22)13-21(25(2,23)24)12-15-8-10-17(19)11-9-15/h3-11,14H,12-13H2,1-2H3,(H,20,22)/t14-/m1/s1. The molecule has 0 unspecified atom stereocenters. The number of benzene rings is 2. The number of carbonyl (C=O) groups excluding carboxylic acids is 1. The number of nitrogens with one attached hydrogen (secondary N) is 1. The number of carbonyl (C=O) groups is 1. The molecule has 0 bridgehead atoms. The third-order valence-electron chi connectivity index (χ3n) is 3.74. The molecule has 0 spiro atoms. The van der Waals surface area contributed by atoms with Gasteiger partial charge in [0.15, 0.2) is 0 Å². The molecule has 5 nitrogen and oxygen atoms in total. The lowest BCUT2D eigenvalue weighted by molar-refractivity contribution is -0.122. The predicted molar refractivity (Wildman–Crippen MR) is 99.7 cm³/mol. The van der Waals surface area contributed by atoms with Crippen molar-refractivity contribution in [2.45, 2.75) is 19.5 Å². The van der Waals surface area contributed by atoms with E-state index in [-0.39, 0.29) is 25.0 Å². The van der Waals surface area contributed by atoms with E-state index in [0.29, 0.717) is 5.02 Å². The summed E-state index contributed by atoms with van der Waals surface area (Å²) in [5, 5.41) is 3.40. The van der Waals surface area contributed by atoms with Crippen LogP contribution in [0.4, 0.5) is 0 Å². The maximum atomic E-state index is 12.3. The largest absolute Gasteiger partial charge is 0.348 e. The Morgan fingerprint density at radius 3 is 2.28 bits per heavy atom. The van der Waals surface area contributed by atoms with Crippen molar-refractivity contribution < 1.29 is 13.2 Å². The highest BCUT2D eigenvalue weighted by Crippen LogP contribution is 2.14. The van der Waals surface area contributed by atoms with Gasteiger partial charge in [-0.05, 0) is 30.2 Å². The van der Waals surface area contributed by atoms with E-state index in [9.17, 15) is 13.2 Å². The van der Waals surface area contributed by atoms with Crippen molar-refractivity contribution >= 4 is 27.5 Å². The number of halogens is 1.